The lowest BCUT2D eigenvalue weighted by atomic mass is 10.5. The van der Waals surface area contributed by atoms with Gasteiger partial charge >= 0.3 is 5.69 Å². The van der Waals surface area contributed by atoms with Crippen molar-refractivity contribution < 1.29 is 4.74 Å². The first-order valence-corrected chi connectivity index (χ1v) is 4.08. The SMILES string of the molecule is CCOC(C)n1ccc(=O)[nH]c1=O. The van der Waals surface area contributed by atoms with E-state index in [2.05, 4.69) is 4.98 Å². The summed E-state index contributed by atoms with van der Waals surface area (Å²) in [7, 11) is 0. The lowest BCUT2D eigenvalue weighted by molar-refractivity contribution is 0.0212. The number of aromatic amines is 1. The molecule has 1 aromatic heterocycles. The topological polar surface area (TPSA) is 64.1 Å². The van der Waals surface area contributed by atoms with Crippen molar-refractivity contribution in [3.05, 3.63) is 33.1 Å². The van der Waals surface area contributed by atoms with Gasteiger partial charge in [-0.2, -0.15) is 0 Å². The Morgan fingerprint density at radius 3 is 2.85 bits per heavy atom. The molecule has 0 fully saturated rings. The quantitative estimate of drug-likeness (QED) is 0.724. The average molecular weight is 184 g/mol. The third-order valence-corrected chi connectivity index (χ3v) is 1.65. The molecule has 0 aliphatic heterocycles. The molecule has 0 radical (unpaired) electrons. The molecule has 5 heteroatoms. The number of H-pyrrole nitrogens is 1. The van der Waals surface area contributed by atoms with E-state index in [1.807, 2.05) is 6.92 Å². The molecular weight excluding hydrogens is 172 g/mol. The summed E-state index contributed by atoms with van der Waals surface area (Å²) in [6.45, 7) is 4.10. The van der Waals surface area contributed by atoms with Crippen LogP contribution in [-0.2, 0) is 4.74 Å². The van der Waals surface area contributed by atoms with Gasteiger partial charge in [-0.15, -0.1) is 0 Å². The van der Waals surface area contributed by atoms with Crippen molar-refractivity contribution in [1.82, 2.24) is 9.55 Å². The lowest BCUT2D eigenvalue weighted by Crippen LogP contribution is -2.31. The van der Waals surface area contributed by atoms with Gasteiger partial charge in [-0.05, 0) is 13.8 Å². The van der Waals surface area contributed by atoms with E-state index in [4.69, 9.17) is 4.74 Å². The van der Waals surface area contributed by atoms with Crippen molar-refractivity contribution in [3.63, 3.8) is 0 Å². The van der Waals surface area contributed by atoms with Crippen LogP contribution >= 0.6 is 0 Å². The van der Waals surface area contributed by atoms with Gasteiger partial charge in [0, 0.05) is 18.9 Å². The van der Waals surface area contributed by atoms with Crippen LogP contribution in [0.5, 0.6) is 0 Å². The zero-order chi connectivity index (χ0) is 9.84. The van der Waals surface area contributed by atoms with Crippen LogP contribution in [0.25, 0.3) is 0 Å². The second-order valence-corrected chi connectivity index (χ2v) is 2.57. The Kier molecular flexibility index (Phi) is 3.02. The molecule has 0 spiro atoms. The van der Waals surface area contributed by atoms with Gasteiger partial charge in [0.05, 0.1) is 0 Å². The summed E-state index contributed by atoms with van der Waals surface area (Å²) in [6.07, 6.45) is 1.07. The van der Waals surface area contributed by atoms with Gasteiger partial charge in [0.15, 0.2) is 0 Å². The van der Waals surface area contributed by atoms with Crippen molar-refractivity contribution in [2.75, 3.05) is 6.61 Å². The number of hydrogen-bond acceptors (Lipinski definition) is 3. The third-order valence-electron chi connectivity index (χ3n) is 1.65. The van der Waals surface area contributed by atoms with E-state index in [-0.39, 0.29) is 6.23 Å². The molecule has 0 aliphatic carbocycles. The Hall–Kier alpha value is -1.36. The van der Waals surface area contributed by atoms with E-state index in [0.717, 1.165) is 0 Å². The molecule has 5 nitrogen and oxygen atoms in total. The van der Waals surface area contributed by atoms with Crippen LogP contribution in [0.15, 0.2) is 21.9 Å². The molecule has 0 aliphatic rings. The Balaban J connectivity index is 3.02. The summed E-state index contributed by atoms with van der Waals surface area (Å²) in [5, 5.41) is 0. The summed E-state index contributed by atoms with van der Waals surface area (Å²) in [6, 6.07) is 1.29. The number of ether oxygens (including phenoxy) is 1. The second kappa shape index (κ2) is 4.04. The first-order chi connectivity index (χ1) is 6.15. The number of aromatic nitrogens is 2. The van der Waals surface area contributed by atoms with Crippen LogP contribution in [0.2, 0.25) is 0 Å². The molecule has 1 heterocycles. The fourth-order valence-corrected chi connectivity index (χ4v) is 1.04. The Bertz CT molecular complexity index is 379. The third kappa shape index (κ3) is 2.29. The van der Waals surface area contributed by atoms with Gasteiger partial charge < -0.3 is 4.74 Å². The minimum atomic E-state index is -0.451. The molecule has 1 aromatic rings. The molecule has 1 N–H and O–H groups in total. The second-order valence-electron chi connectivity index (χ2n) is 2.57. The van der Waals surface area contributed by atoms with E-state index in [9.17, 15) is 9.59 Å². The van der Waals surface area contributed by atoms with E-state index < -0.39 is 11.2 Å². The van der Waals surface area contributed by atoms with Gasteiger partial charge in [0.2, 0.25) is 0 Å². The Labute approximate surface area is 75.0 Å². The lowest BCUT2D eigenvalue weighted by Gasteiger charge is -2.13. The van der Waals surface area contributed by atoms with Gasteiger partial charge in [-0.1, -0.05) is 0 Å². The van der Waals surface area contributed by atoms with Gasteiger partial charge in [-0.25, -0.2) is 4.79 Å². The first-order valence-electron chi connectivity index (χ1n) is 4.08. The summed E-state index contributed by atoms with van der Waals surface area (Å²) in [5.74, 6) is 0. The Morgan fingerprint density at radius 1 is 1.62 bits per heavy atom. The summed E-state index contributed by atoms with van der Waals surface area (Å²) < 4.78 is 6.51. The van der Waals surface area contributed by atoms with Crippen molar-refractivity contribution >= 4 is 0 Å². The highest BCUT2D eigenvalue weighted by Crippen LogP contribution is 2.00. The predicted octanol–water partition coefficient (Wildman–Crippen LogP) is 0.0916. The zero-order valence-corrected chi connectivity index (χ0v) is 7.61. The zero-order valence-electron chi connectivity index (χ0n) is 7.61. The molecule has 1 unspecified atom stereocenters. The van der Waals surface area contributed by atoms with E-state index in [1.165, 1.54) is 16.8 Å². The number of nitrogens with zero attached hydrogens (tertiary/aromatic N) is 1. The van der Waals surface area contributed by atoms with Crippen LogP contribution in [0.4, 0.5) is 0 Å². The van der Waals surface area contributed by atoms with Crippen LogP contribution < -0.4 is 11.2 Å². The highest BCUT2D eigenvalue weighted by atomic mass is 16.5. The van der Waals surface area contributed by atoms with Gasteiger partial charge in [0.1, 0.15) is 6.23 Å². The van der Waals surface area contributed by atoms with Crippen molar-refractivity contribution in [3.8, 4) is 0 Å². The van der Waals surface area contributed by atoms with E-state index in [1.54, 1.807) is 6.92 Å². The average Bonchev–Trinajstić information content (AvgIpc) is 2.04. The van der Waals surface area contributed by atoms with Crippen molar-refractivity contribution in [1.29, 1.82) is 0 Å². The molecule has 1 rings (SSSR count). The molecule has 0 aromatic carbocycles. The summed E-state index contributed by atoms with van der Waals surface area (Å²) in [4.78, 5) is 24.0. The molecule has 0 saturated heterocycles. The predicted molar refractivity (Wildman–Crippen MR) is 47.7 cm³/mol. The van der Waals surface area contributed by atoms with E-state index in [0.29, 0.717) is 6.61 Å². The van der Waals surface area contributed by atoms with Crippen LogP contribution in [0.1, 0.15) is 20.1 Å². The first kappa shape index (κ1) is 9.73. The normalized spacial score (nSPS) is 12.8. The molecule has 1 atom stereocenters. The molecule has 0 bridgehead atoms. The maximum absolute atomic E-state index is 11.2. The largest absolute Gasteiger partial charge is 0.358 e. The fourth-order valence-electron chi connectivity index (χ4n) is 1.04. The maximum atomic E-state index is 11.2. The number of rotatable bonds is 3. The van der Waals surface area contributed by atoms with Crippen LogP contribution in [-0.4, -0.2) is 16.2 Å². The van der Waals surface area contributed by atoms with Crippen molar-refractivity contribution in [2.45, 2.75) is 20.1 Å². The molecular formula is C8H12N2O3. The highest BCUT2D eigenvalue weighted by molar-refractivity contribution is 4.83. The van der Waals surface area contributed by atoms with Gasteiger partial charge in [0.25, 0.3) is 5.56 Å². The number of nitrogens with one attached hydrogen (secondary N) is 1. The standard InChI is InChI=1S/C8H12N2O3/c1-3-13-6(2)10-5-4-7(11)9-8(10)12/h4-6H,3H2,1-2H3,(H,9,11,12). The minimum absolute atomic E-state index is 0.352. The fraction of sp³-hybridized carbons (Fsp3) is 0.500. The van der Waals surface area contributed by atoms with E-state index >= 15 is 0 Å². The summed E-state index contributed by atoms with van der Waals surface area (Å²) in [5.41, 5.74) is -0.849. The Morgan fingerprint density at radius 2 is 2.31 bits per heavy atom. The monoisotopic (exact) mass is 184 g/mol. The minimum Gasteiger partial charge on any atom is -0.358 e. The molecule has 72 valence electrons. The smallest absolute Gasteiger partial charge is 0.330 e. The van der Waals surface area contributed by atoms with Crippen LogP contribution in [0, 0.1) is 0 Å². The highest BCUT2D eigenvalue weighted by Gasteiger charge is 2.04. The number of hydrogen-bond donors (Lipinski definition) is 1. The van der Waals surface area contributed by atoms with Crippen molar-refractivity contribution in [2.24, 2.45) is 0 Å². The van der Waals surface area contributed by atoms with Gasteiger partial charge in [-0.3, -0.25) is 14.3 Å². The maximum Gasteiger partial charge on any atom is 0.330 e. The molecule has 0 saturated carbocycles. The molecule has 0 amide bonds. The van der Waals surface area contributed by atoms with Crippen LogP contribution in [0.3, 0.4) is 0 Å². The summed E-state index contributed by atoms with van der Waals surface area (Å²) >= 11 is 0. The molecule has 13 heavy (non-hydrogen) atoms.